The molecule has 0 unspecified atom stereocenters. The molecule has 13 heteroatoms. The van der Waals surface area contributed by atoms with Crippen molar-refractivity contribution in [3.05, 3.63) is 35.9 Å². The Bertz CT molecular complexity index is 869. The summed E-state index contributed by atoms with van der Waals surface area (Å²) in [5.41, 5.74) is 1.77. The van der Waals surface area contributed by atoms with Crippen LogP contribution >= 0.6 is 0 Å². The first-order valence-electron chi connectivity index (χ1n) is 9.94. The van der Waals surface area contributed by atoms with E-state index in [1.807, 2.05) is 0 Å². The predicted octanol–water partition coefficient (Wildman–Crippen LogP) is 1.63. The van der Waals surface area contributed by atoms with Gasteiger partial charge < -0.3 is 30.6 Å². The minimum atomic E-state index is -1.04. The van der Waals surface area contributed by atoms with Crippen LogP contribution in [-0.2, 0) is 24.0 Å². The number of carboxylic acid groups (broad SMARTS) is 3. The number of hydrogen-bond acceptors (Lipinski definition) is 10. The molecule has 35 heavy (non-hydrogen) atoms. The highest BCUT2D eigenvalue weighted by Gasteiger charge is 2.00. The first-order valence-corrected chi connectivity index (χ1v) is 9.94. The highest BCUT2D eigenvalue weighted by molar-refractivity contribution is 5.85. The van der Waals surface area contributed by atoms with Crippen molar-refractivity contribution in [2.45, 2.75) is 39.0 Å². The number of aliphatic hydroxyl groups excluding tert-OH is 3. The molecule has 0 saturated carbocycles. The summed E-state index contributed by atoms with van der Waals surface area (Å²) < 4.78 is 0. The highest BCUT2D eigenvalue weighted by atomic mass is 16.4. The van der Waals surface area contributed by atoms with Gasteiger partial charge in [0.05, 0.1) is 24.6 Å². The van der Waals surface area contributed by atoms with E-state index in [4.69, 9.17) is 30.6 Å². The number of aliphatic hydroxyl groups is 3. The standard InChI is InChI=1S/C9H6N2O2.C6H10O4.C5H8O3.C2H6O2/c1-7-2-3-8(10-5-12)4-9(7)11-6-13;7-5(8)3-1-2-4-6(9)10;1-4(2-3-6)5(7)8;3-1-2-4/h2-4H,1H3;1-4H2,(H,7,8)(H,9,10);6H,1-3H2,(H,7,8);3-4H,1-2H2. The topological polar surface area (TPSA) is 231 Å². The third-order valence-corrected chi connectivity index (χ3v) is 3.38. The van der Waals surface area contributed by atoms with Crippen LogP contribution in [0.15, 0.2) is 40.3 Å². The van der Waals surface area contributed by atoms with Gasteiger partial charge in [-0.05, 0) is 37.5 Å². The van der Waals surface area contributed by atoms with E-state index in [1.165, 1.54) is 18.2 Å². The average Bonchev–Trinajstić information content (AvgIpc) is 2.80. The summed E-state index contributed by atoms with van der Waals surface area (Å²) >= 11 is 0. The number of carboxylic acids is 3. The quantitative estimate of drug-likeness (QED) is 0.111. The summed E-state index contributed by atoms with van der Waals surface area (Å²) in [7, 11) is 0. The average molecular weight is 498 g/mol. The molecule has 0 heterocycles. The van der Waals surface area contributed by atoms with Crippen LogP contribution in [0.25, 0.3) is 0 Å². The van der Waals surface area contributed by atoms with Gasteiger partial charge in [-0.3, -0.25) is 9.59 Å². The molecule has 0 bridgehead atoms. The van der Waals surface area contributed by atoms with Crippen LogP contribution in [0, 0.1) is 6.92 Å². The van der Waals surface area contributed by atoms with E-state index < -0.39 is 17.9 Å². The normalized spacial score (nSPS) is 8.57. The fourth-order valence-electron chi connectivity index (χ4n) is 1.68. The van der Waals surface area contributed by atoms with Crippen LogP contribution in [0.1, 0.15) is 37.7 Å². The molecule has 0 aromatic heterocycles. The van der Waals surface area contributed by atoms with Gasteiger partial charge in [0.2, 0.25) is 12.2 Å². The molecule has 0 amide bonds. The highest BCUT2D eigenvalue weighted by Crippen LogP contribution is 2.23. The first kappa shape index (κ1) is 35.6. The molecular formula is C22H30N2O11. The second kappa shape index (κ2) is 24.6. The molecule has 0 fully saturated rings. The number of rotatable bonds is 11. The Morgan fingerprint density at radius 1 is 0.829 bits per heavy atom. The molecule has 0 aliphatic heterocycles. The summed E-state index contributed by atoms with van der Waals surface area (Å²) in [4.78, 5) is 56.4. The van der Waals surface area contributed by atoms with Crippen molar-refractivity contribution in [1.82, 2.24) is 0 Å². The summed E-state index contributed by atoms with van der Waals surface area (Å²) in [6, 6.07) is 4.88. The van der Waals surface area contributed by atoms with Gasteiger partial charge in [0.25, 0.3) is 0 Å². The Balaban J connectivity index is -0.000000418. The van der Waals surface area contributed by atoms with Gasteiger partial charge in [-0.1, -0.05) is 12.6 Å². The molecule has 0 saturated heterocycles. The van der Waals surface area contributed by atoms with Crippen molar-refractivity contribution in [3.63, 3.8) is 0 Å². The lowest BCUT2D eigenvalue weighted by atomic mass is 10.2. The van der Waals surface area contributed by atoms with Gasteiger partial charge in [-0.15, -0.1) is 0 Å². The molecule has 1 aromatic carbocycles. The van der Waals surface area contributed by atoms with Crippen molar-refractivity contribution in [1.29, 1.82) is 0 Å². The maximum Gasteiger partial charge on any atom is 0.331 e. The van der Waals surface area contributed by atoms with Crippen molar-refractivity contribution >= 4 is 41.4 Å². The molecule has 0 aliphatic carbocycles. The molecule has 0 aliphatic rings. The monoisotopic (exact) mass is 498 g/mol. The van der Waals surface area contributed by atoms with Gasteiger partial charge in [0.1, 0.15) is 0 Å². The molecule has 0 spiro atoms. The SMILES string of the molecule is C=C(CCO)C(=O)O.Cc1ccc(N=C=O)cc1N=C=O.O=C(O)CCCCC(=O)O.OCCO. The number of unbranched alkanes of at least 4 members (excludes halogenated alkanes) is 1. The van der Waals surface area contributed by atoms with Gasteiger partial charge in [-0.2, -0.15) is 9.98 Å². The van der Waals surface area contributed by atoms with E-state index in [2.05, 4.69) is 16.6 Å². The zero-order valence-corrected chi connectivity index (χ0v) is 19.2. The third-order valence-electron chi connectivity index (χ3n) is 3.38. The molecule has 1 rings (SSSR count). The minimum Gasteiger partial charge on any atom is -0.481 e. The first-order chi connectivity index (χ1) is 16.5. The van der Waals surface area contributed by atoms with Gasteiger partial charge >= 0.3 is 17.9 Å². The van der Waals surface area contributed by atoms with Gasteiger partial charge in [0, 0.05) is 31.4 Å². The molecule has 1 aromatic rings. The molecule has 13 nitrogen and oxygen atoms in total. The van der Waals surface area contributed by atoms with Crippen molar-refractivity contribution in [2.24, 2.45) is 9.98 Å². The fraction of sp³-hybridized carbons (Fsp3) is 0.409. The Labute approximate surface area is 201 Å². The zero-order chi connectivity index (χ0) is 27.6. The molecule has 194 valence electrons. The van der Waals surface area contributed by atoms with Gasteiger partial charge in [-0.25, -0.2) is 14.4 Å². The Morgan fingerprint density at radius 2 is 1.31 bits per heavy atom. The van der Waals surface area contributed by atoms with Crippen molar-refractivity contribution in [3.8, 4) is 0 Å². The number of isocyanates is 2. The Kier molecular flexibility index (Phi) is 25.1. The molecule has 0 radical (unpaired) electrons. The summed E-state index contributed by atoms with van der Waals surface area (Å²) in [6.45, 7) is 4.58. The number of carbonyl (C=O) groups is 3. The zero-order valence-electron chi connectivity index (χ0n) is 19.2. The van der Waals surface area contributed by atoms with Crippen LogP contribution in [0.3, 0.4) is 0 Å². The number of aliphatic carboxylic acids is 3. The Morgan fingerprint density at radius 3 is 1.63 bits per heavy atom. The Hall–Kier alpha value is -3.99. The van der Waals surface area contributed by atoms with E-state index >= 15 is 0 Å². The number of aryl methyl sites for hydroxylation is 1. The summed E-state index contributed by atoms with van der Waals surface area (Å²) in [5.74, 6) is -2.78. The van der Waals surface area contributed by atoms with Crippen LogP contribution in [-0.4, -0.2) is 80.5 Å². The maximum atomic E-state index is 10.00. The second-order valence-electron chi connectivity index (χ2n) is 6.20. The summed E-state index contributed by atoms with van der Waals surface area (Å²) in [6.07, 6.45) is 4.00. The molecular weight excluding hydrogens is 468 g/mol. The van der Waals surface area contributed by atoms with E-state index in [0.717, 1.165) is 5.56 Å². The van der Waals surface area contributed by atoms with Crippen molar-refractivity contribution < 1.29 is 54.6 Å². The summed E-state index contributed by atoms with van der Waals surface area (Å²) in [5, 5.41) is 47.8. The van der Waals surface area contributed by atoms with E-state index in [0.29, 0.717) is 24.2 Å². The van der Waals surface area contributed by atoms with Gasteiger partial charge in [0.15, 0.2) is 0 Å². The lowest BCUT2D eigenvalue weighted by molar-refractivity contribution is -0.139. The number of nitrogens with zero attached hydrogens (tertiary/aromatic N) is 2. The second-order valence-corrected chi connectivity index (χ2v) is 6.20. The lowest BCUT2D eigenvalue weighted by Crippen LogP contribution is -2.00. The fourth-order valence-corrected chi connectivity index (χ4v) is 1.68. The minimum absolute atomic E-state index is 0.0486. The number of benzene rings is 1. The van der Waals surface area contributed by atoms with Crippen LogP contribution in [0.5, 0.6) is 0 Å². The smallest absolute Gasteiger partial charge is 0.331 e. The molecule has 0 atom stereocenters. The van der Waals surface area contributed by atoms with Crippen LogP contribution in [0.2, 0.25) is 0 Å². The number of carbonyl (C=O) groups excluding carboxylic acids is 2. The van der Waals surface area contributed by atoms with E-state index in [1.54, 1.807) is 19.1 Å². The van der Waals surface area contributed by atoms with Crippen molar-refractivity contribution in [2.75, 3.05) is 19.8 Å². The van der Waals surface area contributed by atoms with Crippen LogP contribution < -0.4 is 0 Å². The predicted molar refractivity (Wildman–Crippen MR) is 123 cm³/mol. The number of aliphatic imine (C=N–C) groups is 2. The van der Waals surface area contributed by atoms with Crippen LogP contribution in [0.4, 0.5) is 11.4 Å². The number of hydrogen-bond donors (Lipinski definition) is 6. The third kappa shape index (κ3) is 26.1. The maximum absolute atomic E-state index is 10.00. The largest absolute Gasteiger partial charge is 0.481 e. The van der Waals surface area contributed by atoms with E-state index in [-0.39, 0.29) is 44.7 Å². The molecule has 6 N–H and O–H groups in total. The van der Waals surface area contributed by atoms with E-state index in [9.17, 15) is 24.0 Å². The lowest BCUT2D eigenvalue weighted by Gasteiger charge is -1.97.